The maximum Gasteiger partial charge on any atom is 0.0963 e. The van der Waals surface area contributed by atoms with E-state index in [9.17, 15) is 0 Å². The van der Waals surface area contributed by atoms with Crippen molar-refractivity contribution in [2.45, 2.75) is 18.6 Å². The largest absolute Gasteiger partial charge is 0.376 e. The van der Waals surface area contributed by atoms with E-state index in [2.05, 4.69) is 12.1 Å². The maximum atomic E-state index is 6.08. The molecule has 1 aliphatic heterocycles. The SMILES string of the molecule is NC(Cc1ccccc1)C1COCCO1. The van der Waals surface area contributed by atoms with E-state index in [-0.39, 0.29) is 12.1 Å². The smallest absolute Gasteiger partial charge is 0.0963 e. The molecule has 2 N–H and O–H groups in total. The Balaban J connectivity index is 1.88. The second kappa shape index (κ2) is 5.26. The molecule has 0 aliphatic carbocycles. The Morgan fingerprint density at radius 2 is 2.07 bits per heavy atom. The van der Waals surface area contributed by atoms with Crippen LogP contribution in [-0.4, -0.2) is 32.0 Å². The molecule has 1 aromatic carbocycles. The molecule has 1 heterocycles. The summed E-state index contributed by atoms with van der Waals surface area (Å²) in [5.74, 6) is 0. The molecule has 0 saturated carbocycles. The molecule has 3 heteroatoms. The Hall–Kier alpha value is -0.900. The Labute approximate surface area is 90.2 Å². The van der Waals surface area contributed by atoms with Gasteiger partial charge >= 0.3 is 0 Å². The first-order valence-electron chi connectivity index (χ1n) is 5.35. The van der Waals surface area contributed by atoms with E-state index in [1.54, 1.807) is 0 Å². The van der Waals surface area contributed by atoms with E-state index in [0.29, 0.717) is 19.8 Å². The van der Waals surface area contributed by atoms with E-state index in [4.69, 9.17) is 15.2 Å². The molecule has 0 amide bonds. The third-order valence-electron chi connectivity index (χ3n) is 2.63. The molecule has 1 saturated heterocycles. The van der Waals surface area contributed by atoms with Gasteiger partial charge in [-0.25, -0.2) is 0 Å². The fourth-order valence-electron chi connectivity index (χ4n) is 1.77. The van der Waals surface area contributed by atoms with Crippen LogP contribution in [0.4, 0.5) is 0 Å². The lowest BCUT2D eigenvalue weighted by atomic mass is 10.0. The van der Waals surface area contributed by atoms with E-state index in [0.717, 1.165) is 6.42 Å². The second-order valence-corrected chi connectivity index (χ2v) is 3.84. The topological polar surface area (TPSA) is 44.5 Å². The minimum atomic E-state index is 0.0210. The van der Waals surface area contributed by atoms with Gasteiger partial charge in [0.2, 0.25) is 0 Å². The molecule has 2 rings (SSSR count). The lowest BCUT2D eigenvalue weighted by Gasteiger charge is -2.28. The van der Waals surface area contributed by atoms with Crippen molar-refractivity contribution < 1.29 is 9.47 Å². The molecule has 2 unspecified atom stereocenters. The summed E-state index contributed by atoms with van der Waals surface area (Å²) in [6.45, 7) is 1.97. The predicted molar refractivity (Wildman–Crippen MR) is 58.7 cm³/mol. The first kappa shape index (κ1) is 10.6. The lowest BCUT2D eigenvalue weighted by molar-refractivity contribution is -0.0967. The first-order valence-corrected chi connectivity index (χ1v) is 5.35. The van der Waals surface area contributed by atoms with Crippen LogP contribution in [0, 0.1) is 0 Å². The van der Waals surface area contributed by atoms with Crippen molar-refractivity contribution in [1.82, 2.24) is 0 Å². The van der Waals surface area contributed by atoms with Crippen molar-refractivity contribution in [3.8, 4) is 0 Å². The van der Waals surface area contributed by atoms with E-state index >= 15 is 0 Å². The molecule has 0 spiro atoms. The molecule has 0 radical (unpaired) electrons. The molecule has 82 valence electrons. The van der Waals surface area contributed by atoms with Crippen LogP contribution in [0.3, 0.4) is 0 Å². The molecule has 15 heavy (non-hydrogen) atoms. The van der Waals surface area contributed by atoms with Crippen LogP contribution in [0.15, 0.2) is 30.3 Å². The van der Waals surface area contributed by atoms with Gasteiger partial charge in [0.1, 0.15) is 0 Å². The first-order chi connectivity index (χ1) is 7.36. The van der Waals surface area contributed by atoms with Gasteiger partial charge in [-0.05, 0) is 12.0 Å². The highest BCUT2D eigenvalue weighted by Crippen LogP contribution is 2.09. The zero-order valence-electron chi connectivity index (χ0n) is 8.76. The standard InChI is InChI=1S/C12H17NO2/c13-11(12-9-14-6-7-15-12)8-10-4-2-1-3-5-10/h1-5,11-12H,6-9,13H2. The normalized spacial score (nSPS) is 23.7. The molecule has 3 nitrogen and oxygen atoms in total. The summed E-state index contributed by atoms with van der Waals surface area (Å²) in [7, 11) is 0. The number of hydrogen-bond acceptors (Lipinski definition) is 3. The summed E-state index contributed by atoms with van der Waals surface area (Å²) >= 11 is 0. The van der Waals surface area contributed by atoms with Crippen molar-refractivity contribution >= 4 is 0 Å². The van der Waals surface area contributed by atoms with Crippen LogP contribution in [0.1, 0.15) is 5.56 Å². The van der Waals surface area contributed by atoms with Gasteiger partial charge in [-0.1, -0.05) is 30.3 Å². The highest BCUT2D eigenvalue weighted by atomic mass is 16.6. The molecular weight excluding hydrogens is 190 g/mol. The number of ether oxygens (including phenoxy) is 2. The average Bonchev–Trinajstić information content (AvgIpc) is 2.31. The molecule has 0 aromatic heterocycles. The monoisotopic (exact) mass is 207 g/mol. The molecule has 1 fully saturated rings. The minimum Gasteiger partial charge on any atom is -0.376 e. The van der Waals surface area contributed by atoms with E-state index in [1.807, 2.05) is 18.2 Å². The van der Waals surface area contributed by atoms with Gasteiger partial charge < -0.3 is 15.2 Å². The fraction of sp³-hybridized carbons (Fsp3) is 0.500. The summed E-state index contributed by atoms with van der Waals surface area (Å²) in [5, 5.41) is 0. The molecular formula is C12H17NO2. The van der Waals surface area contributed by atoms with Crippen molar-refractivity contribution in [2.24, 2.45) is 5.73 Å². The van der Waals surface area contributed by atoms with Crippen molar-refractivity contribution in [1.29, 1.82) is 0 Å². The molecule has 2 atom stereocenters. The highest BCUT2D eigenvalue weighted by Gasteiger charge is 2.21. The third-order valence-corrected chi connectivity index (χ3v) is 2.63. The number of benzene rings is 1. The number of rotatable bonds is 3. The second-order valence-electron chi connectivity index (χ2n) is 3.84. The quantitative estimate of drug-likeness (QED) is 0.803. The van der Waals surface area contributed by atoms with Crippen LogP contribution in [0.5, 0.6) is 0 Å². The van der Waals surface area contributed by atoms with Gasteiger partial charge in [-0.15, -0.1) is 0 Å². The predicted octanol–water partition coefficient (Wildman–Crippen LogP) is 0.972. The highest BCUT2D eigenvalue weighted by molar-refractivity contribution is 5.16. The fourth-order valence-corrected chi connectivity index (χ4v) is 1.77. The van der Waals surface area contributed by atoms with E-state index < -0.39 is 0 Å². The van der Waals surface area contributed by atoms with Gasteiger partial charge in [-0.3, -0.25) is 0 Å². The maximum absolute atomic E-state index is 6.08. The summed E-state index contributed by atoms with van der Waals surface area (Å²) < 4.78 is 10.9. The average molecular weight is 207 g/mol. The Kier molecular flexibility index (Phi) is 3.72. The van der Waals surface area contributed by atoms with Gasteiger partial charge in [0.15, 0.2) is 0 Å². The van der Waals surface area contributed by atoms with Crippen LogP contribution >= 0.6 is 0 Å². The van der Waals surface area contributed by atoms with Crippen molar-refractivity contribution in [3.05, 3.63) is 35.9 Å². The van der Waals surface area contributed by atoms with Gasteiger partial charge in [0.25, 0.3) is 0 Å². The van der Waals surface area contributed by atoms with Gasteiger partial charge in [0, 0.05) is 6.04 Å². The van der Waals surface area contributed by atoms with E-state index in [1.165, 1.54) is 5.56 Å². The van der Waals surface area contributed by atoms with Gasteiger partial charge in [0.05, 0.1) is 25.9 Å². The third kappa shape index (κ3) is 3.02. The van der Waals surface area contributed by atoms with Crippen LogP contribution in [-0.2, 0) is 15.9 Å². The van der Waals surface area contributed by atoms with Crippen LogP contribution < -0.4 is 5.73 Å². The Morgan fingerprint density at radius 1 is 1.27 bits per heavy atom. The number of hydrogen-bond donors (Lipinski definition) is 1. The summed E-state index contributed by atoms with van der Waals surface area (Å²) in [5.41, 5.74) is 7.32. The summed E-state index contributed by atoms with van der Waals surface area (Å²) in [6.07, 6.45) is 0.883. The molecule has 1 aliphatic rings. The zero-order chi connectivity index (χ0) is 10.5. The molecule has 1 aromatic rings. The van der Waals surface area contributed by atoms with Crippen LogP contribution in [0.25, 0.3) is 0 Å². The Bertz CT molecular complexity index is 283. The lowest BCUT2D eigenvalue weighted by Crippen LogP contribution is -2.44. The summed E-state index contributed by atoms with van der Waals surface area (Å²) in [6, 6.07) is 10.3. The van der Waals surface area contributed by atoms with Crippen LogP contribution in [0.2, 0.25) is 0 Å². The van der Waals surface area contributed by atoms with Crippen molar-refractivity contribution in [2.75, 3.05) is 19.8 Å². The van der Waals surface area contributed by atoms with Gasteiger partial charge in [-0.2, -0.15) is 0 Å². The number of nitrogens with two attached hydrogens (primary N) is 1. The minimum absolute atomic E-state index is 0.0210. The van der Waals surface area contributed by atoms with Crippen molar-refractivity contribution in [3.63, 3.8) is 0 Å². The Morgan fingerprint density at radius 3 is 2.73 bits per heavy atom. The molecule has 0 bridgehead atoms. The zero-order valence-corrected chi connectivity index (χ0v) is 8.76. The summed E-state index contributed by atoms with van der Waals surface area (Å²) in [4.78, 5) is 0.